The molecule has 0 amide bonds. The Morgan fingerprint density at radius 1 is 0.292 bits per heavy atom. The summed E-state index contributed by atoms with van der Waals surface area (Å²) in [6.45, 7) is 0. The van der Waals surface area contributed by atoms with E-state index >= 15 is 0 Å². The predicted octanol–water partition coefficient (Wildman–Crippen LogP) is 8.68. The molecule has 0 saturated heterocycles. The minimum Gasteiger partial charge on any atom is -0.412 e. The first-order chi connectivity index (χ1) is 23.6. The summed E-state index contributed by atoms with van der Waals surface area (Å²) in [4.78, 5) is 25.3. The van der Waals surface area contributed by atoms with Crippen molar-refractivity contribution in [2.45, 2.75) is 0 Å². The van der Waals surface area contributed by atoms with Gasteiger partial charge in [-0.15, -0.1) is 0 Å². The maximum atomic E-state index is 6.59. The molecule has 0 unspecified atom stereocenters. The third-order valence-electron chi connectivity index (χ3n) is 5.83. The lowest BCUT2D eigenvalue weighted by Crippen LogP contribution is -2.11. The number of hydrogen-bond donors (Lipinski definition) is 0. The van der Waals surface area contributed by atoms with Crippen LogP contribution in [0.25, 0.3) is 0 Å². The van der Waals surface area contributed by atoms with Crippen LogP contribution in [0.3, 0.4) is 0 Å². The summed E-state index contributed by atoms with van der Waals surface area (Å²) < 4.78 is 54.6. The Balaban J connectivity index is 1.55. The summed E-state index contributed by atoms with van der Waals surface area (Å²) in [7, 11) is -12.1. The SMILES string of the molecule is c1cncc(OP2(Oc3cccnc3)=NP(Oc3cccnc3)(Oc3cccnc3)=NP(Oc3cccnc3)(Oc3cccnc3)=N2)c1. The Kier molecular flexibility index (Phi) is 9.06. The molecule has 0 bridgehead atoms. The zero-order valence-electron chi connectivity index (χ0n) is 24.7. The van der Waals surface area contributed by atoms with Crippen LogP contribution < -0.4 is 27.1 Å². The van der Waals surface area contributed by atoms with Crippen LogP contribution >= 0.6 is 23.0 Å². The van der Waals surface area contributed by atoms with Crippen molar-refractivity contribution in [3.63, 3.8) is 0 Å². The van der Waals surface area contributed by atoms with E-state index in [0.29, 0.717) is 0 Å². The molecule has 6 aromatic rings. The Morgan fingerprint density at radius 3 is 0.625 bits per heavy atom. The standard InChI is InChI=1S/C30H24N9O6P3/c1-7-25(19-31-13-1)40-46(41-26-8-2-14-32-20-26)37-47(42-27-9-3-15-33-21-27,43-28-10-4-16-34-22-28)39-48(38-46,44-29-11-5-17-35-23-29)45-30-12-6-18-36-24-30/h1-24H. The molecule has 0 saturated carbocycles. The molecule has 7 heterocycles. The van der Waals surface area contributed by atoms with Crippen LogP contribution in [0.5, 0.6) is 34.5 Å². The molecule has 48 heavy (non-hydrogen) atoms. The Hall–Kier alpha value is -5.61. The first kappa shape index (κ1) is 31.0. The molecule has 1 aliphatic heterocycles. The molecule has 18 heteroatoms. The Labute approximate surface area is 274 Å². The molecule has 0 fully saturated rings. The van der Waals surface area contributed by atoms with Gasteiger partial charge >= 0.3 is 23.0 Å². The second kappa shape index (κ2) is 14.0. The third kappa shape index (κ3) is 7.67. The third-order valence-corrected chi connectivity index (χ3v) is 13.9. The normalized spacial score (nSPS) is 15.2. The van der Waals surface area contributed by atoms with Gasteiger partial charge in [0.1, 0.15) is 34.5 Å². The van der Waals surface area contributed by atoms with E-state index in [2.05, 4.69) is 29.9 Å². The fourth-order valence-electron chi connectivity index (χ4n) is 3.99. The monoisotopic (exact) mass is 699 g/mol. The summed E-state index contributed by atoms with van der Waals surface area (Å²) >= 11 is 0. The molecule has 0 aliphatic carbocycles. The van der Waals surface area contributed by atoms with E-state index in [9.17, 15) is 0 Å². The van der Waals surface area contributed by atoms with Crippen molar-refractivity contribution in [2.24, 2.45) is 13.5 Å². The van der Waals surface area contributed by atoms with Crippen LogP contribution in [-0.2, 0) is 0 Å². The number of hydrogen-bond acceptors (Lipinski definition) is 15. The average Bonchev–Trinajstić information content (AvgIpc) is 3.10. The molecule has 15 nitrogen and oxygen atoms in total. The van der Waals surface area contributed by atoms with Crippen molar-refractivity contribution in [1.29, 1.82) is 0 Å². The fourth-order valence-corrected chi connectivity index (χ4v) is 13.0. The highest BCUT2D eigenvalue weighted by Crippen LogP contribution is 2.78. The van der Waals surface area contributed by atoms with Gasteiger partial charge in [-0.3, -0.25) is 29.9 Å². The lowest BCUT2D eigenvalue weighted by Gasteiger charge is -2.32. The van der Waals surface area contributed by atoms with Crippen molar-refractivity contribution >= 4 is 23.0 Å². The second-order valence-corrected chi connectivity index (χ2v) is 15.6. The number of aromatic nitrogens is 6. The molecular weight excluding hydrogens is 675 g/mol. The van der Waals surface area contributed by atoms with Gasteiger partial charge in [0.2, 0.25) is 0 Å². The van der Waals surface area contributed by atoms with Gasteiger partial charge < -0.3 is 27.1 Å². The van der Waals surface area contributed by atoms with Gasteiger partial charge in [0.05, 0.1) is 37.2 Å². The van der Waals surface area contributed by atoms with Crippen LogP contribution in [0.4, 0.5) is 0 Å². The molecule has 6 aromatic heterocycles. The predicted molar refractivity (Wildman–Crippen MR) is 177 cm³/mol. The van der Waals surface area contributed by atoms with Gasteiger partial charge in [-0.05, 0) is 72.8 Å². The van der Waals surface area contributed by atoms with Crippen LogP contribution in [0.15, 0.2) is 161 Å². The van der Waals surface area contributed by atoms with E-state index in [4.69, 9.17) is 40.7 Å². The quantitative estimate of drug-likeness (QED) is 0.112. The van der Waals surface area contributed by atoms with Gasteiger partial charge in [-0.25, -0.2) is 0 Å². The van der Waals surface area contributed by atoms with E-state index in [0.717, 1.165) is 0 Å². The van der Waals surface area contributed by atoms with Crippen molar-refractivity contribution in [3.05, 3.63) is 147 Å². The highest BCUT2D eigenvalue weighted by molar-refractivity contribution is 7.79. The lowest BCUT2D eigenvalue weighted by atomic mass is 10.5. The molecule has 0 N–H and O–H groups in total. The number of nitrogens with zero attached hydrogens (tertiary/aromatic N) is 9. The summed E-state index contributed by atoms with van der Waals surface area (Å²) in [5, 5.41) is 0. The molecule has 0 radical (unpaired) electrons. The van der Waals surface area contributed by atoms with E-state index in [1.807, 2.05) is 0 Å². The second-order valence-electron chi connectivity index (χ2n) is 9.42. The van der Waals surface area contributed by atoms with Crippen LogP contribution in [0.2, 0.25) is 0 Å². The van der Waals surface area contributed by atoms with Gasteiger partial charge in [-0.1, -0.05) is 13.5 Å². The molecule has 0 spiro atoms. The van der Waals surface area contributed by atoms with Crippen LogP contribution in [0, 0.1) is 0 Å². The highest BCUT2D eigenvalue weighted by atomic mass is 31.3. The summed E-state index contributed by atoms with van der Waals surface area (Å²) in [6, 6.07) is 20.3. The van der Waals surface area contributed by atoms with Crippen LogP contribution in [-0.4, -0.2) is 29.9 Å². The van der Waals surface area contributed by atoms with Crippen molar-refractivity contribution in [3.8, 4) is 34.5 Å². The molecule has 240 valence electrons. The maximum absolute atomic E-state index is 6.59. The smallest absolute Gasteiger partial charge is 0.412 e. The topological polar surface area (TPSA) is 170 Å². The van der Waals surface area contributed by atoms with Crippen molar-refractivity contribution < 1.29 is 27.1 Å². The summed E-state index contributed by atoms with van der Waals surface area (Å²) in [6.07, 6.45) is 18.6. The zero-order valence-corrected chi connectivity index (χ0v) is 27.4. The van der Waals surface area contributed by atoms with Crippen molar-refractivity contribution in [1.82, 2.24) is 29.9 Å². The maximum Gasteiger partial charge on any atom is 0.460 e. The Bertz CT molecular complexity index is 1730. The minimum atomic E-state index is -4.03. The van der Waals surface area contributed by atoms with Gasteiger partial charge in [0.15, 0.2) is 0 Å². The van der Waals surface area contributed by atoms with Gasteiger partial charge in [0.25, 0.3) is 0 Å². The molecule has 0 atom stereocenters. The van der Waals surface area contributed by atoms with Crippen LogP contribution in [0.1, 0.15) is 0 Å². The minimum absolute atomic E-state index is 0.283. The molecule has 7 rings (SSSR count). The summed E-state index contributed by atoms with van der Waals surface area (Å²) in [5.74, 6) is 1.70. The molecule has 1 aliphatic rings. The zero-order chi connectivity index (χ0) is 32.5. The van der Waals surface area contributed by atoms with E-state index in [1.54, 1.807) is 110 Å². The van der Waals surface area contributed by atoms with Gasteiger partial charge in [-0.2, -0.15) is 0 Å². The average molecular weight is 700 g/mol. The first-order valence-corrected chi connectivity index (χ1v) is 18.7. The lowest BCUT2D eigenvalue weighted by molar-refractivity contribution is 0.441. The molecular formula is C30H24N9O6P3. The first-order valence-electron chi connectivity index (χ1n) is 14.1. The van der Waals surface area contributed by atoms with E-state index in [-0.39, 0.29) is 34.5 Å². The van der Waals surface area contributed by atoms with E-state index < -0.39 is 23.0 Å². The molecule has 0 aromatic carbocycles. The highest BCUT2D eigenvalue weighted by Gasteiger charge is 2.49. The summed E-state index contributed by atoms with van der Waals surface area (Å²) in [5.41, 5.74) is 0. The number of pyridine rings is 6. The van der Waals surface area contributed by atoms with Crippen molar-refractivity contribution in [2.75, 3.05) is 0 Å². The largest absolute Gasteiger partial charge is 0.460 e. The van der Waals surface area contributed by atoms with Gasteiger partial charge in [0, 0.05) is 37.2 Å². The Morgan fingerprint density at radius 2 is 0.479 bits per heavy atom. The van der Waals surface area contributed by atoms with E-state index in [1.165, 1.54) is 37.2 Å². The fraction of sp³-hybridized carbons (Fsp3) is 0. The number of rotatable bonds is 12.